The van der Waals surface area contributed by atoms with Gasteiger partial charge in [-0.2, -0.15) is 0 Å². The van der Waals surface area contributed by atoms with Crippen LogP contribution in [0.4, 0.5) is 10.5 Å². The highest BCUT2D eigenvalue weighted by atomic mass is 16.2. The van der Waals surface area contributed by atoms with Gasteiger partial charge in [-0.25, -0.2) is 4.79 Å². The highest BCUT2D eigenvalue weighted by Crippen LogP contribution is 2.19. The number of nitrogens with zero attached hydrogens (tertiary/aromatic N) is 1. The Hall–Kier alpha value is -1.55. The third-order valence-electron chi connectivity index (χ3n) is 2.91. The van der Waals surface area contributed by atoms with E-state index in [4.69, 9.17) is 5.73 Å². The highest BCUT2D eigenvalue weighted by molar-refractivity contribution is 5.90. The molecule has 4 heteroatoms. The summed E-state index contributed by atoms with van der Waals surface area (Å²) < 4.78 is 0. The molecular formula is C13H21N3O. The van der Waals surface area contributed by atoms with Crippen LogP contribution in [0.25, 0.3) is 0 Å². The molecule has 0 aromatic heterocycles. The Morgan fingerprint density at radius 1 is 1.35 bits per heavy atom. The van der Waals surface area contributed by atoms with Crippen LogP contribution in [-0.4, -0.2) is 24.0 Å². The molecule has 2 amide bonds. The average molecular weight is 235 g/mol. The number of urea groups is 1. The summed E-state index contributed by atoms with van der Waals surface area (Å²) in [6.45, 7) is 7.75. The first kappa shape index (κ1) is 13.5. The number of benzene rings is 1. The standard InChI is InChI=1S/C13H21N3O/c1-4-16(5-2)13(17)15-12-8-6-7-10(3)11(12)9-14/h6-8H,4-5,9,14H2,1-3H3,(H,15,17). The van der Waals surface area contributed by atoms with Crippen LogP contribution in [0.3, 0.4) is 0 Å². The van der Waals surface area contributed by atoms with Gasteiger partial charge in [0.25, 0.3) is 0 Å². The molecule has 1 rings (SSSR count). The van der Waals surface area contributed by atoms with Crippen LogP contribution >= 0.6 is 0 Å². The summed E-state index contributed by atoms with van der Waals surface area (Å²) in [5, 5.41) is 2.91. The minimum atomic E-state index is -0.0738. The molecule has 0 saturated heterocycles. The van der Waals surface area contributed by atoms with E-state index in [1.807, 2.05) is 39.0 Å². The highest BCUT2D eigenvalue weighted by Gasteiger charge is 2.11. The van der Waals surface area contributed by atoms with Gasteiger partial charge in [0, 0.05) is 25.3 Å². The second kappa shape index (κ2) is 6.25. The first-order chi connectivity index (χ1) is 8.13. The molecule has 0 aliphatic rings. The first-order valence-electron chi connectivity index (χ1n) is 5.98. The number of hydrogen-bond acceptors (Lipinski definition) is 2. The lowest BCUT2D eigenvalue weighted by Gasteiger charge is -2.20. The van der Waals surface area contributed by atoms with E-state index in [0.29, 0.717) is 19.6 Å². The second-order valence-corrected chi connectivity index (χ2v) is 3.91. The molecule has 0 radical (unpaired) electrons. The van der Waals surface area contributed by atoms with E-state index in [9.17, 15) is 4.79 Å². The maximum absolute atomic E-state index is 11.9. The minimum absolute atomic E-state index is 0.0738. The normalized spacial score (nSPS) is 10.1. The van der Waals surface area contributed by atoms with Gasteiger partial charge < -0.3 is 16.0 Å². The van der Waals surface area contributed by atoms with Gasteiger partial charge in [-0.1, -0.05) is 12.1 Å². The van der Waals surface area contributed by atoms with E-state index < -0.39 is 0 Å². The Balaban J connectivity index is 2.88. The van der Waals surface area contributed by atoms with E-state index >= 15 is 0 Å². The van der Waals surface area contributed by atoms with Crippen molar-refractivity contribution in [2.45, 2.75) is 27.3 Å². The molecule has 0 heterocycles. The number of carbonyl (C=O) groups is 1. The van der Waals surface area contributed by atoms with Crippen molar-refractivity contribution in [2.75, 3.05) is 18.4 Å². The molecule has 0 aliphatic heterocycles. The van der Waals surface area contributed by atoms with Crippen LogP contribution in [0.1, 0.15) is 25.0 Å². The van der Waals surface area contributed by atoms with Crippen molar-refractivity contribution in [1.29, 1.82) is 0 Å². The van der Waals surface area contributed by atoms with Crippen molar-refractivity contribution in [1.82, 2.24) is 4.90 Å². The number of nitrogens with two attached hydrogens (primary N) is 1. The lowest BCUT2D eigenvalue weighted by atomic mass is 10.1. The van der Waals surface area contributed by atoms with Gasteiger partial charge >= 0.3 is 6.03 Å². The molecule has 0 saturated carbocycles. The monoisotopic (exact) mass is 235 g/mol. The summed E-state index contributed by atoms with van der Waals surface area (Å²) in [6, 6.07) is 5.73. The third kappa shape index (κ3) is 3.20. The van der Waals surface area contributed by atoms with Crippen molar-refractivity contribution in [2.24, 2.45) is 5.73 Å². The topological polar surface area (TPSA) is 58.4 Å². The van der Waals surface area contributed by atoms with Crippen LogP contribution in [0.2, 0.25) is 0 Å². The molecule has 1 aromatic rings. The van der Waals surface area contributed by atoms with Crippen LogP contribution in [0.15, 0.2) is 18.2 Å². The lowest BCUT2D eigenvalue weighted by Crippen LogP contribution is -2.34. The number of hydrogen-bond donors (Lipinski definition) is 2. The zero-order chi connectivity index (χ0) is 12.8. The van der Waals surface area contributed by atoms with E-state index in [1.54, 1.807) is 4.90 Å². The molecule has 1 aromatic carbocycles. The Kier molecular flexibility index (Phi) is 4.97. The molecule has 4 nitrogen and oxygen atoms in total. The van der Waals surface area contributed by atoms with Gasteiger partial charge in [0.05, 0.1) is 0 Å². The minimum Gasteiger partial charge on any atom is -0.326 e. The predicted molar refractivity (Wildman–Crippen MR) is 71.0 cm³/mol. The zero-order valence-corrected chi connectivity index (χ0v) is 10.8. The first-order valence-corrected chi connectivity index (χ1v) is 5.98. The SMILES string of the molecule is CCN(CC)C(=O)Nc1cccc(C)c1CN. The van der Waals surface area contributed by atoms with E-state index in [-0.39, 0.29) is 6.03 Å². The molecule has 0 aliphatic carbocycles. The van der Waals surface area contributed by atoms with Gasteiger partial charge in [0.15, 0.2) is 0 Å². The van der Waals surface area contributed by atoms with Crippen molar-refractivity contribution < 1.29 is 4.79 Å². The van der Waals surface area contributed by atoms with Crippen LogP contribution < -0.4 is 11.1 Å². The Morgan fingerprint density at radius 2 is 2.00 bits per heavy atom. The quantitative estimate of drug-likeness (QED) is 0.841. The number of amides is 2. The van der Waals surface area contributed by atoms with Gasteiger partial charge in [-0.3, -0.25) is 0 Å². The number of aryl methyl sites for hydroxylation is 1. The summed E-state index contributed by atoms with van der Waals surface area (Å²) >= 11 is 0. The molecule has 17 heavy (non-hydrogen) atoms. The molecule has 94 valence electrons. The molecule has 3 N–H and O–H groups in total. The van der Waals surface area contributed by atoms with Gasteiger partial charge in [0.2, 0.25) is 0 Å². The zero-order valence-electron chi connectivity index (χ0n) is 10.8. The maximum atomic E-state index is 11.9. The van der Waals surface area contributed by atoms with Crippen LogP contribution in [-0.2, 0) is 6.54 Å². The van der Waals surface area contributed by atoms with Crippen molar-refractivity contribution in [3.8, 4) is 0 Å². The fourth-order valence-corrected chi connectivity index (χ4v) is 1.80. The number of carbonyl (C=O) groups excluding carboxylic acids is 1. The lowest BCUT2D eigenvalue weighted by molar-refractivity contribution is 0.217. The fourth-order valence-electron chi connectivity index (χ4n) is 1.80. The van der Waals surface area contributed by atoms with Gasteiger partial charge in [-0.05, 0) is 38.0 Å². The molecule has 0 atom stereocenters. The van der Waals surface area contributed by atoms with Crippen molar-refractivity contribution >= 4 is 11.7 Å². The number of nitrogens with one attached hydrogen (secondary N) is 1. The molecule has 0 unspecified atom stereocenters. The number of rotatable bonds is 4. The van der Waals surface area contributed by atoms with E-state index in [0.717, 1.165) is 16.8 Å². The number of anilines is 1. The predicted octanol–water partition coefficient (Wildman–Crippen LogP) is 2.33. The van der Waals surface area contributed by atoms with Crippen LogP contribution in [0.5, 0.6) is 0 Å². The molecule has 0 spiro atoms. The summed E-state index contributed by atoms with van der Waals surface area (Å²) in [7, 11) is 0. The fraction of sp³-hybridized carbons (Fsp3) is 0.462. The molecular weight excluding hydrogens is 214 g/mol. The Labute approximate surface area is 103 Å². The smallest absolute Gasteiger partial charge is 0.321 e. The largest absolute Gasteiger partial charge is 0.326 e. The molecule has 0 fully saturated rings. The summed E-state index contributed by atoms with van der Waals surface area (Å²) in [6.07, 6.45) is 0. The maximum Gasteiger partial charge on any atom is 0.321 e. The Bertz CT molecular complexity index is 386. The Morgan fingerprint density at radius 3 is 2.53 bits per heavy atom. The average Bonchev–Trinajstić information content (AvgIpc) is 2.31. The van der Waals surface area contributed by atoms with Gasteiger partial charge in [-0.15, -0.1) is 0 Å². The van der Waals surface area contributed by atoms with Crippen LogP contribution in [0, 0.1) is 6.92 Å². The summed E-state index contributed by atoms with van der Waals surface area (Å²) in [4.78, 5) is 13.7. The van der Waals surface area contributed by atoms with E-state index in [2.05, 4.69) is 5.32 Å². The second-order valence-electron chi connectivity index (χ2n) is 3.91. The third-order valence-corrected chi connectivity index (χ3v) is 2.91. The summed E-state index contributed by atoms with van der Waals surface area (Å²) in [5.74, 6) is 0. The van der Waals surface area contributed by atoms with E-state index in [1.165, 1.54) is 0 Å². The van der Waals surface area contributed by atoms with Gasteiger partial charge in [0.1, 0.15) is 0 Å². The molecule has 0 bridgehead atoms. The summed E-state index contributed by atoms with van der Waals surface area (Å²) in [5.41, 5.74) is 8.61. The van der Waals surface area contributed by atoms with Crippen molar-refractivity contribution in [3.05, 3.63) is 29.3 Å². The van der Waals surface area contributed by atoms with Crippen molar-refractivity contribution in [3.63, 3.8) is 0 Å².